The van der Waals surface area contributed by atoms with Gasteiger partial charge in [-0.15, -0.1) is 0 Å². The predicted molar refractivity (Wildman–Crippen MR) is 79.7 cm³/mol. The van der Waals surface area contributed by atoms with Crippen molar-refractivity contribution in [1.29, 1.82) is 0 Å². The quantitative estimate of drug-likeness (QED) is 0.685. The number of aromatic nitrogens is 2. The molecular weight excluding hydrogens is 272 g/mol. The van der Waals surface area contributed by atoms with Crippen molar-refractivity contribution in [3.05, 3.63) is 61.8 Å². The maximum atomic E-state index is 12.1. The Kier molecular flexibility index (Phi) is 4.02. The third-order valence-electron chi connectivity index (χ3n) is 3.23. The number of benzene rings is 1. The summed E-state index contributed by atoms with van der Waals surface area (Å²) in [5, 5.41) is 13.9. The molecule has 110 valence electrons. The average Bonchev–Trinajstić information content (AvgIpc) is 2.42. The van der Waals surface area contributed by atoms with Gasteiger partial charge in [-0.25, -0.2) is 4.98 Å². The van der Waals surface area contributed by atoms with E-state index < -0.39 is 4.92 Å². The lowest BCUT2D eigenvalue weighted by Gasteiger charge is -2.13. The zero-order valence-electron chi connectivity index (χ0n) is 12.1. The molecule has 2 rings (SSSR count). The lowest BCUT2D eigenvalue weighted by molar-refractivity contribution is -0.384. The Hall–Kier alpha value is -2.70. The smallest absolute Gasteiger partial charge is 0.292 e. The van der Waals surface area contributed by atoms with Crippen molar-refractivity contribution in [3.63, 3.8) is 0 Å². The molecule has 1 heterocycles. The summed E-state index contributed by atoms with van der Waals surface area (Å²) in [5.74, 6) is 0.577. The summed E-state index contributed by atoms with van der Waals surface area (Å²) in [6, 6.07) is 6.24. The maximum Gasteiger partial charge on any atom is 0.292 e. The number of nitrogens with one attached hydrogen (secondary N) is 1. The summed E-state index contributed by atoms with van der Waals surface area (Å²) in [6.07, 6.45) is 0. The highest BCUT2D eigenvalue weighted by molar-refractivity contribution is 5.66. The lowest BCUT2D eigenvalue weighted by Crippen LogP contribution is -2.24. The summed E-state index contributed by atoms with van der Waals surface area (Å²) < 4.78 is 1.49. The second-order valence-corrected chi connectivity index (χ2v) is 4.69. The summed E-state index contributed by atoms with van der Waals surface area (Å²) in [4.78, 5) is 26.9. The first-order chi connectivity index (χ1) is 9.93. The van der Waals surface area contributed by atoms with Crippen LogP contribution >= 0.6 is 0 Å². The molecule has 21 heavy (non-hydrogen) atoms. The van der Waals surface area contributed by atoms with Crippen molar-refractivity contribution in [1.82, 2.24) is 9.55 Å². The van der Waals surface area contributed by atoms with E-state index in [0.29, 0.717) is 22.8 Å². The topological polar surface area (TPSA) is 90.1 Å². The van der Waals surface area contributed by atoms with E-state index in [4.69, 9.17) is 0 Å². The Labute approximate surface area is 121 Å². The molecule has 7 heteroatoms. The van der Waals surface area contributed by atoms with Gasteiger partial charge < -0.3 is 5.32 Å². The van der Waals surface area contributed by atoms with Crippen LogP contribution in [-0.2, 0) is 6.54 Å². The van der Waals surface area contributed by atoms with E-state index >= 15 is 0 Å². The normalized spacial score (nSPS) is 10.4. The number of hydrogen-bond acceptors (Lipinski definition) is 5. The second-order valence-electron chi connectivity index (χ2n) is 4.69. The molecule has 2 aromatic rings. The number of anilines is 1. The standard InChI is InChI=1S/C14H16N4O3/c1-9-7-13(19)17(10(2)16-9)8-11-5-4-6-12(18(20)21)14(11)15-3/h4-7,15H,8H2,1-3H3. The van der Waals surface area contributed by atoms with Gasteiger partial charge in [-0.05, 0) is 13.8 Å². The van der Waals surface area contributed by atoms with Crippen LogP contribution in [-0.4, -0.2) is 21.5 Å². The molecule has 0 radical (unpaired) electrons. The fraction of sp³-hybridized carbons (Fsp3) is 0.286. The van der Waals surface area contributed by atoms with Gasteiger partial charge in [0, 0.05) is 30.4 Å². The van der Waals surface area contributed by atoms with Gasteiger partial charge >= 0.3 is 0 Å². The van der Waals surface area contributed by atoms with Crippen LogP contribution in [0.5, 0.6) is 0 Å². The minimum absolute atomic E-state index is 0.0132. The number of rotatable bonds is 4. The molecule has 0 fully saturated rings. The third kappa shape index (κ3) is 2.91. The fourth-order valence-electron chi connectivity index (χ4n) is 2.29. The van der Waals surface area contributed by atoms with Gasteiger partial charge in [0.25, 0.3) is 11.2 Å². The monoisotopic (exact) mass is 288 g/mol. The van der Waals surface area contributed by atoms with Crippen LogP contribution in [0.4, 0.5) is 11.4 Å². The second kappa shape index (κ2) is 5.74. The van der Waals surface area contributed by atoms with Gasteiger partial charge in [0.15, 0.2) is 0 Å². The minimum atomic E-state index is -0.446. The molecule has 0 aliphatic carbocycles. The Morgan fingerprint density at radius 1 is 1.38 bits per heavy atom. The molecule has 0 amide bonds. The van der Waals surface area contributed by atoms with Gasteiger partial charge in [0.1, 0.15) is 11.5 Å². The van der Waals surface area contributed by atoms with E-state index in [2.05, 4.69) is 10.3 Å². The Bertz CT molecular complexity index is 752. The Morgan fingerprint density at radius 2 is 2.10 bits per heavy atom. The van der Waals surface area contributed by atoms with Crippen LogP contribution in [0.1, 0.15) is 17.1 Å². The van der Waals surface area contributed by atoms with Crippen LogP contribution in [0.15, 0.2) is 29.1 Å². The van der Waals surface area contributed by atoms with Crippen LogP contribution in [0.2, 0.25) is 0 Å². The highest BCUT2D eigenvalue weighted by Crippen LogP contribution is 2.28. The molecular formula is C14H16N4O3. The fourth-order valence-corrected chi connectivity index (χ4v) is 2.29. The Balaban J connectivity index is 2.53. The first-order valence-corrected chi connectivity index (χ1v) is 6.43. The SMILES string of the molecule is CNc1c(Cn2c(C)nc(C)cc2=O)cccc1[N+](=O)[O-]. The van der Waals surface area contributed by atoms with E-state index in [-0.39, 0.29) is 17.8 Å². The number of nitro groups is 1. The number of nitrogens with zero attached hydrogens (tertiary/aromatic N) is 3. The van der Waals surface area contributed by atoms with Crippen LogP contribution in [0, 0.1) is 24.0 Å². The zero-order chi connectivity index (χ0) is 15.6. The molecule has 0 unspecified atom stereocenters. The summed E-state index contributed by atoms with van der Waals surface area (Å²) in [7, 11) is 1.62. The maximum absolute atomic E-state index is 12.1. The highest BCUT2D eigenvalue weighted by Gasteiger charge is 2.17. The van der Waals surface area contributed by atoms with Crippen molar-refractivity contribution in [2.24, 2.45) is 0 Å². The molecule has 7 nitrogen and oxygen atoms in total. The van der Waals surface area contributed by atoms with Gasteiger partial charge in [0.2, 0.25) is 0 Å². The van der Waals surface area contributed by atoms with Gasteiger partial charge in [-0.2, -0.15) is 0 Å². The molecule has 1 aromatic carbocycles. The summed E-state index contributed by atoms with van der Waals surface area (Å²) >= 11 is 0. The molecule has 0 saturated heterocycles. The Morgan fingerprint density at radius 3 is 2.67 bits per heavy atom. The molecule has 1 N–H and O–H groups in total. The summed E-state index contributed by atoms with van der Waals surface area (Å²) in [6.45, 7) is 3.73. The lowest BCUT2D eigenvalue weighted by atomic mass is 10.1. The van der Waals surface area contributed by atoms with Crippen LogP contribution < -0.4 is 10.9 Å². The van der Waals surface area contributed by atoms with Gasteiger partial charge in [-0.1, -0.05) is 12.1 Å². The average molecular weight is 288 g/mol. The zero-order valence-corrected chi connectivity index (χ0v) is 12.1. The number of aryl methyl sites for hydroxylation is 2. The van der Waals surface area contributed by atoms with Crippen molar-refractivity contribution in [3.8, 4) is 0 Å². The highest BCUT2D eigenvalue weighted by atomic mass is 16.6. The van der Waals surface area contributed by atoms with Gasteiger partial charge in [0.05, 0.1) is 11.5 Å². The molecule has 0 aliphatic rings. The number of nitro benzene ring substituents is 1. The van der Waals surface area contributed by atoms with Crippen molar-refractivity contribution < 1.29 is 4.92 Å². The first-order valence-electron chi connectivity index (χ1n) is 6.43. The van der Waals surface area contributed by atoms with E-state index in [0.717, 1.165) is 0 Å². The van der Waals surface area contributed by atoms with Crippen molar-refractivity contribution in [2.45, 2.75) is 20.4 Å². The number of para-hydroxylation sites is 1. The number of hydrogen-bond donors (Lipinski definition) is 1. The molecule has 1 aromatic heterocycles. The van der Waals surface area contributed by atoms with Crippen LogP contribution in [0.3, 0.4) is 0 Å². The van der Waals surface area contributed by atoms with Crippen molar-refractivity contribution in [2.75, 3.05) is 12.4 Å². The molecule has 0 atom stereocenters. The van der Waals surface area contributed by atoms with E-state index in [1.807, 2.05) is 0 Å². The molecule has 0 saturated carbocycles. The van der Waals surface area contributed by atoms with E-state index in [9.17, 15) is 14.9 Å². The van der Waals surface area contributed by atoms with Gasteiger partial charge in [-0.3, -0.25) is 19.5 Å². The summed E-state index contributed by atoms with van der Waals surface area (Å²) in [5.41, 5.74) is 1.55. The first kappa shape index (κ1) is 14.7. The predicted octanol–water partition coefficient (Wildman–Crippen LogP) is 1.86. The van der Waals surface area contributed by atoms with E-state index in [1.54, 1.807) is 33.0 Å². The third-order valence-corrected chi connectivity index (χ3v) is 3.23. The minimum Gasteiger partial charge on any atom is -0.382 e. The van der Waals surface area contributed by atoms with Crippen molar-refractivity contribution >= 4 is 11.4 Å². The van der Waals surface area contributed by atoms with Crippen LogP contribution in [0.25, 0.3) is 0 Å². The largest absolute Gasteiger partial charge is 0.382 e. The van der Waals surface area contributed by atoms with E-state index in [1.165, 1.54) is 16.7 Å². The molecule has 0 bridgehead atoms. The molecule has 0 spiro atoms. The molecule has 0 aliphatic heterocycles.